The first-order valence-corrected chi connectivity index (χ1v) is 7.24. The lowest BCUT2D eigenvalue weighted by Gasteiger charge is -2.16. The Bertz CT molecular complexity index is 166. The van der Waals surface area contributed by atoms with Crippen molar-refractivity contribution in [3.05, 3.63) is 0 Å². The highest BCUT2D eigenvalue weighted by molar-refractivity contribution is 4.84. The topological polar surface area (TPSA) is 38.0 Å². The van der Waals surface area contributed by atoms with Crippen LogP contribution < -0.4 is 11.1 Å². The Morgan fingerprint density at radius 1 is 1.25 bits per heavy atom. The minimum atomic E-state index is 0.461. The summed E-state index contributed by atoms with van der Waals surface area (Å²) in [4.78, 5) is 0. The van der Waals surface area contributed by atoms with Crippen molar-refractivity contribution in [2.45, 2.75) is 64.8 Å². The summed E-state index contributed by atoms with van der Waals surface area (Å²) in [5.41, 5.74) is 6.07. The van der Waals surface area contributed by atoms with E-state index in [2.05, 4.69) is 19.2 Å². The predicted octanol–water partition coefficient (Wildman–Crippen LogP) is 2.92. The molecule has 0 aliphatic heterocycles. The summed E-state index contributed by atoms with van der Waals surface area (Å²) >= 11 is 0. The fraction of sp³-hybridized carbons (Fsp3) is 1.00. The van der Waals surface area contributed by atoms with Gasteiger partial charge in [-0.15, -0.1) is 0 Å². The monoisotopic (exact) mass is 226 g/mol. The van der Waals surface area contributed by atoms with Crippen molar-refractivity contribution in [2.24, 2.45) is 17.6 Å². The molecule has 16 heavy (non-hydrogen) atoms. The van der Waals surface area contributed by atoms with Gasteiger partial charge in [0.15, 0.2) is 0 Å². The second-order valence-corrected chi connectivity index (χ2v) is 5.41. The standard InChI is InChI=1S/C14H30N2/c1-3-5-6-12(4-2)11-16-10-9-14(15)13-7-8-13/h12-14,16H,3-11,15H2,1-2H3. The van der Waals surface area contributed by atoms with E-state index in [4.69, 9.17) is 5.73 Å². The molecule has 0 spiro atoms. The SMILES string of the molecule is CCCCC(CC)CNCCC(N)C1CC1. The molecule has 96 valence electrons. The van der Waals surface area contributed by atoms with Gasteiger partial charge in [0, 0.05) is 6.04 Å². The number of rotatable bonds is 10. The largest absolute Gasteiger partial charge is 0.327 e. The number of hydrogen-bond acceptors (Lipinski definition) is 2. The highest BCUT2D eigenvalue weighted by Gasteiger charge is 2.27. The first-order valence-electron chi connectivity index (χ1n) is 7.24. The Labute approximate surface area is 101 Å². The summed E-state index contributed by atoms with van der Waals surface area (Å²) in [5, 5.41) is 3.58. The van der Waals surface area contributed by atoms with Crippen LogP contribution in [0.1, 0.15) is 58.8 Å². The summed E-state index contributed by atoms with van der Waals surface area (Å²) in [7, 11) is 0. The van der Waals surface area contributed by atoms with Crippen LogP contribution in [0, 0.1) is 11.8 Å². The molecule has 0 amide bonds. The summed E-state index contributed by atoms with van der Waals surface area (Å²) < 4.78 is 0. The normalized spacial score (nSPS) is 19.7. The van der Waals surface area contributed by atoms with Gasteiger partial charge in [-0.05, 0) is 50.6 Å². The molecule has 0 saturated heterocycles. The van der Waals surface area contributed by atoms with Crippen molar-refractivity contribution in [1.29, 1.82) is 0 Å². The van der Waals surface area contributed by atoms with Crippen molar-refractivity contribution >= 4 is 0 Å². The molecule has 0 aromatic rings. The van der Waals surface area contributed by atoms with E-state index in [1.807, 2.05) is 0 Å². The highest BCUT2D eigenvalue weighted by atomic mass is 14.9. The van der Waals surface area contributed by atoms with Gasteiger partial charge in [0.25, 0.3) is 0 Å². The van der Waals surface area contributed by atoms with Gasteiger partial charge < -0.3 is 11.1 Å². The molecule has 1 aliphatic rings. The van der Waals surface area contributed by atoms with E-state index in [0.717, 1.165) is 24.8 Å². The number of nitrogens with two attached hydrogens (primary N) is 1. The van der Waals surface area contributed by atoms with Gasteiger partial charge in [0.2, 0.25) is 0 Å². The number of hydrogen-bond donors (Lipinski definition) is 2. The molecule has 0 aromatic heterocycles. The van der Waals surface area contributed by atoms with Crippen molar-refractivity contribution in [1.82, 2.24) is 5.32 Å². The first kappa shape index (κ1) is 14.0. The Balaban J connectivity index is 1.94. The van der Waals surface area contributed by atoms with Crippen molar-refractivity contribution in [3.63, 3.8) is 0 Å². The van der Waals surface area contributed by atoms with Crippen molar-refractivity contribution < 1.29 is 0 Å². The van der Waals surface area contributed by atoms with Crippen LogP contribution in [0.5, 0.6) is 0 Å². The molecular weight excluding hydrogens is 196 g/mol. The Kier molecular flexibility index (Phi) is 7.06. The molecule has 1 saturated carbocycles. The molecule has 0 radical (unpaired) electrons. The number of nitrogens with one attached hydrogen (secondary N) is 1. The van der Waals surface area contributed by atoms with Crippen LogP contribution in [0.3, 0.4) is 0 Å². The van der Waals surface area contributed by atoms with Gasteiger partial charge in [-0.25, -0.2) is 0 Å². The quantitative estimate of drug-likeness (QED) is 0.562. The van der Waals surface area contributed by atoms with E-state index in [9.17, 15) is 0 Å². The van der Waals surface area contributed by atoms with Crippen LogP contribution in [-0.4, -0.2) is 19.1 Å². The lowest BCUT2D eigenvalue weighted by atomic mass is 9.99. The molecule has 0 aromatic carbocycles. The lowest BCUT2D eigenvalue weighted by molar-refractivity contribution is 0.409. The maximum absolute atomic E-state index is 6.07. The van der Waals surface area contributed by atoms with E-state index in [0.29, 0.717) is 6.04 Å². The first-order chi connectivity index (χ1) is 7.77. The fourth-order valence-corrected chi connectivity index (χ4v) is 2.28. The summed E-state index contributed by atoms with van der Waals surface area (Å²) in [6, 6.07) is 0.461. The van der Waals surface area contributed by atoms with E-state index in [1.54, 1.807) is 0 Å². The van der Waals surface area contributed by atoms with Crippen molar-refractivity contribution in [2.75, 3.05) is 13.1 Å². The minimum Gasteiger partial charge on any atom is -0.327 e. The van der Waals surface area contributed by atoms with Gasteiger partial charge in [-0.3, -0.25) is 0 Å². The molecule has 0 bridgehead atoms. The highest BCUT2D eigenvalue weighted by Crippen LogP contribution is 2.32. The summed E-state index contributed by atoms with van der Waals surface area (Å²) in [6.07, 6.45) is 9.29. The molecule has 2 unspecified atom stereocenters. The second-order valence-electron chi connectivity index (χ2n) is 5.41. The van der Waals surface area contributed by atoms with Crippen LogP contribution in [-0.2, 0) is 0 Å². The molecule has 1 rings (SSSR count). The third-order valence-corrected chi connectivity index (χ3v) is 3.86. The third-order valence-electron chi connectivity index (χ3n) is 3.86. The minimum absolute atomic E-state index is 0.461. The zero-order valence-electron chi connectivity index (χ0n) is 11.2. The molecule has 2 heteroatoms. The Morgan fingerprint density at radius 3 is 2.56 bits per heavy atom. The average molecular weight is 226 g/mol. The number of unbranched alkanes of at least 4 members (excludes halogenated alkanes) is 1. The van der Waals surface area contributed by atoms with Gasteiger partial charge in [0.05, 0.1) is 0 Å². The van der Waals surface area contributed by atoms with Crippen LogP contribution in [0.25, 0.3) is 0 Å². The molecule has 1 aliphatic carbocycles. The van der Waals surface area contributed by atoms with Gasteiger partial charge in [-0.2, -0.15) is 0 Å². The van der Waals surface area contributed by atoms with E-state index < -0.39 is 0 Å². The lowest BCUT2D eigenvalue weighted by Crippen LogP contribution is -2.30. The Hall–Kier alpha value is -0.0800. The molecule has 0 heterocycles. The summed E-state index contributed by atoms with van der Waals surface area (Å²) in [5.74, 6) is 1.72. The maximum Gasteiger partial charge on any atom is 0.00792 e. The van der Waals surface area contributed by atoms with Crippen molar-refractivity contribution in [3.8, 4) is 0 Å². The second kappa shape index (κ2) is 8.08. The molecule has 3 N–H and O–H groups in total. The van der Waals surface area contributed by atoms with Gasteiger partial charge in [-0.1, -0.05) is 33.1 Å². The van der Waals surface area contributed by atoms with Gasteiger partial charge >= 0.3 is 0 Å². The third kappa shape index (κ3) is 5.86. The van der Waals surface area contributed by atoms with Crippen LogP contribution >= 0.6 is 0 Å². The van der Waals surface area contributed by atoms with Crippen LogP contribution in [0.2, 0.25) is 0 Å². The average Bonchev–Trinajstić information content (AvgIpc) is 3.11. The predicted molar refractivity (Wildman–Crippen MR) is 71.5 cm³/mol. The smallest absolute Gasteiger partial charge is 0.00792 e. The molecular formula is C14H30N2. The van der Waals surface area contributed by atoms with E-state index in [-0.39, 0.29) is 0 Å². The fourth-order valence-electron chi connectivity index (χ4n) is 2.28. The molecule has 2 atom stereocenters. The zero-order valence-corrected chi connectivity index (χ0v) is 11.2. The summed E-state index contributed by atoms with van der Waals surface area (Å²) in [6.45, 7) is 6.88. The van der Waals surface area contributed by atoms with Crippen LogP contribution in [0.15, 0.2) is 0 Å². The maximum atomic E-state index is 6.07. The molecule has 2 nitrogen and oxygen atoms in total. The van der Waals surface area contributed by atoms with Crippen LogP contribution in [0.4, 0.5) is 0 Å². The van der Waals surface area contributed by atoms with E-state index in [1.165, 1.54) is 45.1 Å². The van der Waals surface area contributed by atoms with E-state index >= 15 is 0 Å². The zero-order chi connectivity index (χ0) is 11.8. The Morgan fingerprint density at radius 2 is 2.00 bits per heavy atom. The van der Waals surface area contributed by atoms with Gasteiger partial charge in [0.1, 0.15) is 0 Å². The molecule has 1 fully saturated rings.